The number of anilines is 1. The molecule has 1 amide bonds. The second-order valence-electron chi connectivity index (χ2n) is 6.35. The van der Waals surface area contributed by atoms with Crippen LogP contribution in [-0.2, 0) is 16.1 Å². The minimum absolute atomic E-state index is 0.0373. The second-order valence-corrected chi connectivity index (χ2v) is 6.35. The fourth-order valence-corrected chi connectivity index (χ4v) is 2.89. The Bertz CT molecular complexity index is 1110. The van der Waals surface area contributed by atoms with Crippen LogP contribution in [0.4, 0.5) is 10.1 Å². The van der Waals surface area contributed by atoms with E-state index in [1.54, 1.807) is 30.3 Å². The maximum atomic E-state index is 13.4. The number of rotatable bonds is 6. The van der Waals surface area contributed by atoms with Gasteiger partial charge in [0.2, 0.25) is 5.91 Å². The number of carbonyl (C=O) groups is 1. The molecular formula is C22H18FN3O2. The van der Waals surface area contributed by atoms with Crippen LogP contribution in [0.2, 0.25) is 0 Å². The van der Waals surface area contributed by atoms with Crippen molar-refractivity contribution < 1.29 is 13.9 Å². The number of hydrogen-bond acceptors (Lipinski definition) is 3. The van der Waals surface area contributed by atoms with Crippen molar-refractivity contribution in [3.05, 3.63) is 84.2 Å². The predicted octanol–water partition coefficient (Wildman–Crippen LogP) is 4.52. The molecule has 0 bridgehead atoms. The van der Waals surface area contributed by atoms with Gasteiger partial charge in [0, 0.05) is 11.3 Å². The van der Waals surface area contributed by atoms with Crippen molar-refractivity contribution >= 4 is 22.6 Å². The minimum atomic E-state index is -0.318. The number of nitrogens with one attached hydrogen (secondary N) is 2. The fourth-order valence-electron chi connectivity index (χ4n) is 2.89. The largest absolute Gasteiger partial charge is 0.367 e. The number of imidazole rings is 1. The Balaban J connectivity index is 1.40. The third kappa shape index (κ3) is 4.24. The Hall–Kier alpha value is -3.51. The summed E-state index contributed by atoms with van der Waals surface area (Å²) in [6.45, 7) is 0.343. The maximum absolute atomic E-state index is 13.4. The number of H-pyrrole nitrogens is 1. The summed E-state index contributed by atoms with van der Waals surface area (Å²) in [6.07, 6.45) is 0. The summed E-state index contributed by atoms with van der Waals surface area (Å²) in [5, 5.41) is 2.81. The number of halogens is 1. The number of hydrogen-bond donors (Lipinski definition) is 2. The molecule has 0 unspecified atom stereocenters. The molecule has 0 saturated carbocycles. The van der Waals surface area contributed by atoms with Crippen LogP contribution >= 0.6 is 0 Å². The van der Waals surface area contributed by atoms with E-state index in [4.69, 9.17) is 4.74 Å². The lowest BCUT2D eigenvalue weighted by molar-refractivity contribution is -0.121. The van der Waals surface area contributed by atoms with Gasteiger partial charge in [0.1, 0.15) is 18.2 Å². The normalized spacial score (nSPS) is 10.9. The standard InChI is InChI=1S/C22H18FN3O2/c23-17-8-4-7-16(11-17)22-25-19-10-9-18(12-20(19)26-22)24-21(27)14-28-13-15-5-2-1-3-6-15/h1-12H,13-14H2,(H,24,27)(H,25,26). The van der Waals surface area contributed by atoms with E-state index in [1.807, 2.05) is 30.3 Å². The molecule has 0 aliphatic heterocycles. The van der Waals surface area contributed by atoms with E-state index < -0.39 is 0 Å². The Morgan fingerprint density at radius 2 is 1.89 bits per heavy atom. The van der Waals surface area contributed by atoms with Gasteiger partial charge < -0.3 is 15.0 Å². The summed E-state index contributed by atoms with van der Waals surface area (Å²) in [4.78, 5) is 19.7. The first-order chi connectivity index (χ1) is 13.7. The Morgan fingerprint density at radius 1 is 1.04 bits per heavy atom. The van der Waals surface area contributed by atoms with Crippen molar-refractivity contribution in [1.29, 1.82) is 0 Å². The lowest BCUT2D eigenvalue weighted by atomic mass is 10.2. The van der Waals surface area contributed by atoms with E-state index in [9.17, 15) is 9.18 Å². The summed E-state index contributed by atoms with van der Waals surface area (Å²) in [5.41, 5.74) is 3.80. The van der Waals surface area contributed by atoms with Gasteiger partial charge >= 0.3 is 0 Å². The van der Waals surface area contributed by atoms with Crippen molar-refractivity contribution in [3.8, 4) is 11.4 Å². The molecule has 0 spiro atoms. The van der Waals surface area contributed by atoms with Crippen LogP contribution in [0.15, 0.2) is 72.8 Å². The third-order valence-corrected chi connectivity index (χ3v) is 4.21. The van der Waals surface area contributed by atoms with Gasteiger partial charge in [-0.3, -0.25) is 4.79 Å². The number of amides is 1. The molecule has 1 aromatic heterocycles. The minimum Gasteiger partial charge on any atom is -0.367 e. The molecule has 6 heteroatoms. The number of aromatic nitrogens is 2. The predicted molar refractivity (Wildman–Crippen MR) is 106 cm³/mol. The molecule has 0 aliphatic rings. The highest BCUT2D eigenvalue weighted by Crippen LogP contribution is 2.23. The van der Waals surface area contributed by atoms with Gasteiger partial charge in [-0.25, -0.2) is 9.37 Å². The Labute approximate surface area is 161 Å². The van der Waals surface area contributed by atoms with Crippen LogP contribution in [-0.4, -0.2) is 22.5 Å². The summed E-state index contributed by atoms with van der Waals surface area (Å²) in [6, 6.07) is 21.3. The number of nitrogens with zero attached hydrogens (tertiary/aromatic N) is 1. The SMILES string of the molecule is O=C(COCc1ccccc1)Nc1ccc2nc(-c3cccc(F)c3)[nH]c2c1. The van der Waals surface area contributed by atoms with Gasteiger partial charge in [-0.05, 0) is 35.9 Å². The smallest absolute Gasteiger partial charge is 0.250 e. The molecule has 4 aromatic rings. The fraction of sp³-hybridized carbons (Fsp3) is 0.0909. The molecular weight excluding hydrogens is 357 g/mol. The van der Waals surface area contributed by atoms with Gasteiger partial charge in [-0.2, -0.15) is 0 Å². The number of benzene rings is 3. The van der Waals surface area contributed by atoms with E-state index in [1.165, 1.54) is 12.1 Å². The van der Waals surface area contributed by atoms with Gasteiger partial charge in [-0.1, -0.05) is 42.5 Å². The van der Waals surface area contributed by atoms with Crippen LogP contribution in [0.25, 0.3) is 22.4 Å². The zero-order valence-electron chi connectivity index (χ0n) is 15.0. The van der Waals surface area contributed by atoms with E-state index in [0.717, 1.165) is 16.6 Å². The van der Waals surface area contributed by atoms with Gasteiger partial charge in [0.05, 0.1) is 17.6 Å². The molecule has 4 rings (SSSR count). The highest BCUT2D eigenvalue weighted by atomic mass is 19.1. The Morgan fingerprint density at radius 3 is 2.71 bits per heavy atom. The first kappa shape index (κ1) is 17.9. The van der Waals surface area contributed by atoms with Crippen molar-refractivity contribution in [2.75, 3.05) is 11.9 Å². The molecule has 1 heterocycles. The van der Waals surface area contributed by atoms with E-state index in [0.29, 0.717) is 23.7 Å². The van der Waals surface area contributed by atoms with Gasteiger partial charge in [0.25, 0.3) is 0 Å². The Kier molecular flexibility index (Phi) is 5.12. The van der Waals surface area contributed by atoms with Crippen LogP contribution in [0.3, 0.4) is 0 Å². The molecule has 140 valence electrons. The van der Waals surface area contributed by atoms with Crippen LogP contribution in [0, 0.1) is 5.82 Å². The molecule has 2 N–H and O–H groups in total. The van der Waals surface area contributed by atoms with E-state index >= 15 is 0 Å². The first-order valence-electron chi connectivity index (χ1n) is 8.84. The van der Waals surface area contributed by atoms with Crippen molar-refractivity contribution in [2.24, 2.45) is 0 Å². The summed E-state index contributed by atoms with van der Waals surface area (Å²) < 4.78 is 18.9. The summed E-state index contributed by atoms with van der Waals surface area (Å²) >= 11 is 0. The van der Waals surface area contributed by atoms with Crippen molar-refractivity contribution in [2.45, 2.75) is 6.61 Å². The third-order valence-electron chi connectivity index (χ3n) is 4.21. The van der Waals surface area contributed by atoms with Crippen LogP contribution in [0.1, 0.15) is 5.56 Å². The average molecular weight is 375 g/mol. The quantitative estimate of drug-likeness (QED) is 0.520. The monoisotopic (exact) mass is 375 g/mol. The van der Waals surface area contributed by atoms with Crippen LogP contribution < -0.4 is 5.32 Å². The molecule has 28 heavy (non-hydrogen) atoms. The lowest BCUT2D eigenvalue weighted by Gasteiger charge is -2.06. The molecule has 0 fully saturated rings. The van der Waals surface area contributed by atoms with E-state index in [-0.39, 0.29) is 18.3 Å². The van der Waals surface area contributed by atoms with Gasteiger partial charge in [-0.15, -0.1) is 0 Å². The highest BCUT2D eigenvalue weighted by Gasteiger charge is 2.08. The molecule has 0 atom stereocenters. The number of aromatic amines is 1. The molecule has 0 radical (unpaired) electrons. The zero-order chi connectivity index (χ0) is 19.3. The van der Waals surface area contributed by atoms with E-state index in [2.05, 4.69) is 15.3 Å². The molecule has 3 aromatic carbocycles. The average Bonchev–Trinajstić information content (AvgIpc) is 3.12. The van der Waals surface area contributed by atoms with Gasteiger partial charge in [0.15, 0.2) is 0 Å². The number of carbonyl (C=O) groups excluding carboxylic acids is 1. The first-order valence-corrected chi connectivity index (χ1v) is 8.84. The molecule has 5 nitrogen and oxygen atoms in total. The number of ether oxygens (including phenoxy) is 1. The molecule has 0 saturated heterocycles. The van der Waals surface area contributed by atoms with Crippen molar-refractivity contribution in [3.63, 3.8) is 0 Å². The van der Waals surface area contributed by atoms with Crippen LogP contribution in [0.5, 0.6) is 0 Å². The molecule has 0 aliphatic carbocycles. The zero-order valence-corrected chi connectivity index (χ0v) is 15.0. The topological polar surface area (TPSA) is 67.0 Å². The van der Waals surface area contributed by atoms with Crippen molar-refractivity contribution in [1.82, 2.24) is 9.97 Å². The summed E-state index contributed by atoms with van der Waals surface area (Å²) in [7, 11) is 0. The second kappa shape index (κ2) is 8.02. The highest BCUT2D eigenvalue weighted by molar-refractivity contribution is 5.94. The maximum Gasteiger partial charge on any atom is 0.250 e. The number of fused-ring (bicyclic) bond motifs is 1. The lowest BCUT2D eigenvalue weighted by Crippen LogP contribution is -2.18. The summed E-state index contributed by atoms with van der Waals surface area (Å²) in [5.74, 6) is 0.0192.